The third kappa shape index (κ3) is 2.49. The minimum atomic E-state index is -0.118. The molecule has 0 saturated heterocycles. The summed E-state index contributed by atoms with van der Waals surface area (Å²) in [6.07, 6.45) is 0.548. The molecule has 0 fully saturated rings. The molecule has 0 radical (unpaired) electrons. The van der Waals surface area contributed by atoms with Crippen LogP contribution in [0, 0.1) is 25.2 Å². The maximum atomic E-state index is 11.8. The molecule has 1 aromatic carbocycles. The first-order valence-electron chi connectivity index (χ1n) is 5.78. The molecular formula is C15H14N2O. The van der Waals surface area contributed by atoms with Crippen molar-refractivity contribution in [3.8, 4) is 6.07 Å². The number of nitrogens with zero attached hydrogens (tertiary/aromatic N) is 1. The summed E-state index contributed by atoms with van der Waals surface area (Å²) >= 11 is 0. The van der Waals surface area contributed by atoms with Gasteiger partial charge in [-0.15, -0.1) is 0 Å². The monoisotopic (exact) mass is 238 g/mol. The Morgan fingerprint density at radius 2 is 2.06 bits per heavy atom. The van der Waals surface area contributed by atoms with Gasteiger partial charge in [-0.05, 0) is 25.5 Å². The van der Waals surface area contributed by atoms with Crippen molar-refractivity contribution in [2.75, 3.05) is 0 Å². The fraction of sp³-hybridized carbons (Fsp3) is 0.200. The predicted octanol–water partition coefficient (Wildman–Crippen LogP) is 2.45. The first kappa shape index (κ1) is 12.1. The van der Waals surface area contributed by atoms with Crippen molar-refractivity contribution in [1.82, 2.24) is 4.98 Å². The lowest BCUT2D eigenvalue weighted by atomic mass is 10.0. The number of aryl methyl sites for hydroxylation is 2. The molecule has 0 saturated carbocycles. The number of hydrogen-bond donors (Lipinski definition) is 1. The molecule has 0 unspecified atom stereocenters. The number of rotatable bonds is 2. The largest absolute Gasteiger partial charge is 0.325 e. The molecule has 1 aromatic heterocycles. The number of nitrogens with one attached hydrogen (secondary N) is 1. The molecule has 0 aliphatic heterocycles. The van der Waals surface area contributed by atoms with Crippen LogP contribution in [0.15, 0.2) is 35.1 Å². The zero-order chi connectivity index (χ0) is 13.1. The van der Waals surface area contributed by atoms with Crippen LogP contribution in [0.5, 0.6) is 0 Å². The van der Waals surface area contributed by atoms with E-state index >= 15 is 0 Å². The number of H-pyrrole nitrogens is 1. The zero-order valence-electron chi connectivity index (χ0n) is 10.4. The molecule has 0 spiro atoms. The van der Waals surface area contributed by atoms with E-state index in [-0.39, 0.29) is 5.56 Å². The Balaban J connectivity index is 2.41. The van der Waals surface area contributed by atoms with E-state index in [4.69, 9.17) is 5.26 Å². The summed E-state index contributed by atoms with van der Waals surface area (Å²) in [6, 6.07) is 11.8. The van der Waals surface area contributed by atoms with Gasteiger partial charge in [0.15, 0.2) is 0 Å². The normalized spacial score (nSPS) is 10.1. The third-order valence-electron chi connectivity index (χ3n) is 2.91. The van der Waals surface area contributed by atoms with Crippen LogP contribution in [0.4, 0.5) is 0 Å². The standard InChI is InChI=1S/C15H14N2O/c1-10-4-3-5-12(6-10)7-13-8-14(9-16)11(2)17-15(13)18/h3-6,8H,7H2,1-2H3,(H,17,18). The Hall–Kier alpha value is -2.34. The SMILES string of the molecule is Cc1cccc(Cc2cc(C#N)c(C)[nH]c2=O)c1. The Morgan fingerprint density at radius 3 is 2.72 bits per heavy atom. The van der Waals surface area contributed by atoms with Crippen molar-refractivity contribution in [3.63, 3.8) is 0 Å². The highest BCUT2D eigenvalue weighted by Crippen LogP contribution is 2.10. The Kier molecular flexibility index (Phi) is 3.29. The van der Waals surface area contributed by atoms with Gasteiger partial charge in [0.2, 0.25) is 0 Å². The summed E-state index contributed by atoms with van der Waals surface area (Å²) < 4.78 is 0. The van der Waals surface area contributed by atoms with Gasteiger partial charge in [-0.2, -0.15) is 5.26 Å². The zero-order valence-corrected chi connectivity index (χ0v) is 10.4. The topological polar surface area (TPSA) is 56.6 Å². The van der Waals surface area contributed by atoms with Crippen LogP contribution in [0.1, 0.15) is 27.9 Å². The molecule has 0 atom stereocenters. The molecule has 0 aliphatic rings. The smallest absolute Gasteiger partial charge is 0.251 e. The van der Waals surface area contributed by atoms with Gasteiger partial charge in [-0.1, -0.05) is 29.8 Å². The molecule has 1 N–H and O–H groups in total. The quantitative estimate of drug-likeness (QED) is 0.873. The number of benzene rings is 1. The fourth-order valence-electron chi connectivity index (χ4n) is 1.96. The minimum Gasteiger partial charge on any atom is -0.325 e. The molecule has 0 aliphatic carbocycles. The number of hydrogen-bond acceptors (Lipinski definition) is 2. The van der Waals surface area contributed by atoms with Gasteiger partial charge in [0.1, 0.15) is 6.07 Å². The molecule has 90 valence electrons. The van der Waals surface area contributed by atoms with Crippen LogP contribution in [0.25, 0.3) is 0 Å². The fourth-order valence-corrected chi connectivity index (χ4v) is 1.96. The summed E-state index contributed by atoms with van der Waals surface area (Å²) in [4.78, 5) is 14.5. The summed E-state index contributed by atoms with van der Waals surface area (Å²) in [5.41, 5.74) is 3.90. The number of pyridine rings is 1. The van der Waals surface area contributed by atoms with E-state index in [9.17, 15) is 4.79 Å². The van der Waals surface area contributed by atoms with Crippen molar-refractivity contribution in [3.05, 3.63) is 68.6 Å². The maximum Gasteiger partial charge on any atom is 0.251 e. The summed E-state index contributed by atoms with van der Waals surface area (Å²) in [7, 11) is 0. The molecule has 0 amide bonds. The highest BCUT2D eigenvalue weighted by molar-refractivity contribution is 5.37. The average Bonchev–Trinajstić information content (AvgIpc) is 2.33. The number of aromatic amines is 1. The molecular weight excluding hydrogens is 224 g/mol. The van der Waals surface area contributed by atoms with Gasteiger partial charge >= 0.3 is 0 Å². The first-order valence-corrected chi connectivity index (χ1v) is 5.78. The van der Waals surface area contributed by atoms with E-state index in [2.05, 4.69) is 11.1 Å². The van der Waals surface area contributed by atoms with Crippen LogP contribution >= 0.6 is 0 Å². The highest BCUT2D eigenvalue weighted by Gasteiger charge is 2.06. The van der Waals surface area contributed by atoms with E-state index in [1.807, 2.05) is 31.2 Å². The Morgan fingerprint density at radius 1 is 1.28 bits per heavy atom. The van der Waals surface area contributed by atoms with E-state index < -0.39 is 0 Å². The van der Waals surface area contributed by atoms with E-state index in [0.29, 0.717) is 23.2 Å². The van der Waals surface area contributed by atoms with Gasteiger partial charge in [0, 0.05) is 17.7 Å². The summed E-state index contributed by atoms with van der Waals surface area (Å²) in [5, 5.41) is 8.97. The number of nitriles is 1. The molecule has 2 rings (SSSR count). The van der Waals surface area contributed by atoms with Crippen LogP contribution in [-0.2, 0) is 6.42 Å². The maximum absolute atomic E-state index is 11.8. The summed E-state index contributed by atoms with van der Waals surface area (Å²) in [5.74, 6) is 0. The van der Waals surface area contributed by atoms with E-state index in [1.165, 1.54) is 0 Å². The molecule has 0 bridgehead atoms. The van der Waals surface area contributed by atoms with Crippen molar-refractivity contribution in [1.29, 1.82) is 5.26 Å². The van der Waals surface area contributed by atoms with Crippen LogP contribution in [0.3, 0.4) is 0 Å². The molecule has 1 heterocycles. The lowest BCUT2D eigenvalue weighted by Gasteiger charge is -2.04. The Bertz CT molecular complexity index is 678. The van der Waals surface area contributed by atoms with Crippen LogP contribution < -0.4 is 5.56 Å². The van der Waals surface area contributed by atoms with Gasteiger partial charge in [0.05, 0.1) is 5.56 Å². The number of aromatic nitrogens is 1. The minimum absolute atomic E-state index is 0.118. The van der Waals surface area contributed by atoms with Crippen molar-refractivity contribution >= 4 is 0 Å². The highest BCUT2D eigenvalue weighted by atomic mass is 16.1. The van der Waals surface area contributed by atoms with Crippen LogP contribution in [-0.4, -0.2) is 4.98 Å². The van der Waals surface area contributed by atoms with Gasteiger partial charge < -0.3 is 4.98 Å². The molecule has 18 heavy (non-hydrogen) atoms. The van der Waals surface area contributed by atoms with Gasteiger partial charge in [-0.25, -0.2) is 0 Å². The van der Waals surface area contributed by atoms with Crippen molar-refractivity contribution < 1.29 is 0 Å². The lowest BCUT2D eigenvalue weighted by Crippen LogP contribution is -2.15. The van der Waals surface area contributed by atoms with Crippen molar-refractivity contribution in [2.24, 2.45) is 0 Å². The molecule has 3 heteroatoms. The first-order chi connectivity index (χ1) is 8.60. The lowest BCUT2D eigenvalue weighted by molar-refractivity contribution is 1.04. The van der Waals surface area contributed by atoms with E-state index in [1.54, 1.807) is 13.0 Å². The Labute approximate surface area is 106 Å². The predicted molar refractivity (Wildman–Crippen MR) is 70.5 cm³/mol. The van der Waals surface area contributed by atoms with Crippen molar-refractivity contribution in [2.45, 2.75) is 20.3 Å². The van der Waals surface area contributed by atoms with E-state index in [0.717, 1.165) is 11.1 Å². The van der Waals surface area contributed by atoms with Gasteiger partial charge in [0.25, 0.3) is 5.56 Å². The van der Waals surface area contributed by atoms with Gasteiger partial charge in [-0.3, -0.25) is 4.79 Å². The third-order valence-corrected chi connectivity index (χ3v) is 2.91. The second-order valence-corrected chi connectivity index (χ2v) is 4.44. The molecule has 2 aromatic rings. The van der Waals surface area contributed by atoms with Crippen LogP contribution in [0.2, 0.25) is 0 Å². The second kappa shape index (κ2) is 4.89. The second-order valence-electron chi connectivity index (χ2n) is 4.44. The molecule has 3 nitrogen and oxygen atoms in total. The average molecular weight is 238 g/mol. The summed E-state index contributed by atoms with van der Waals surface area (Å²) in [6.45, 7) is 3.75.